The van der Waals surface area contributed by atoms with Crippen LogP contribution in [0.1, 0.15) is 20.8 Å². The molecule has 0 saturated carbocycles. The fourth-order valence-corrected chi connectivity index (χ4v) is 2.59. The molecule has 0 aliphatic carbocycles. The first kappa shape index (κ1) is 17.0. The van der Waals surface area contributed by atoms with E-state index in [0.29, 0.717) is 0 Å². The van der Waals surface area contributed by atoms with Gasteiger partial charge in [-0.15, -0.1) is 0 Å². The quantitative estimate of drug-likeness (QED) is 0.538. The fourth-order valence-electron chi connectivity index (χ4n) is 1.58. The molecule has 1 rings (SSSR count). The molecule has 19 heavy (non-hydrogen) atoms. The van der Waals surface area contributed by atoms with Crippen LogP contribution < -0.4 is 0 Å². The van der Waals surface area contributed by atoms with Gasteiger partial charge >= 0.3 is 0 Å². The zero-order valence-corrected chi connectivity index (χ0v) is 13.2. The van der Waals surface area contributed by atoms with Crippen molar-refractivity contribution in [2.24, 2.45) is 0 Å². The van der Waals surface area contributed by atoms with E-state index in [2.05, 4.69) is 33.9 Å². The highest BCUT2D eigenvalue weighted by Crippen LogP contribution is 2.37. The van der Waals surface area contributed by atoms with Crippen molar-refractivity contribution in [1.29, 1.82) is 0 Å². The minimum atomic E-state index is -2.00. The van der Waals surface area contributed by atoms with E-state index in [-0.39, 0.29) is 11.6 Å². The van der Waals surface area contributed by atoms with E-state index in [0.717, 1.165) is 0 Å². The van der Waals surface area contributed by atoms with Crippen molar-refractivity contribution in [3.05, 3.63) is 0 Å². The maximum atomic E-state index is 9.81. The maximum absolute atomic E-state index is 9.81. The van der Waals surface area contributed by atoms with Crippen molar-refractivity contribution >= 4 is 8.32 Å². The van der Waals surface area contributed by atoms with Crippen LogP contribution in [0.2, 0.25) is 18.1 Å². The van der Waals surface area contributed by atoms with Gasteiger partial charge in [0.1, 0.15) is 24.4 Å². The zero-order valence-electron chi connectivity index (χ0n) is 12.2. The van der Waals surface area contributed by atoms with E-state index in [1.807, 2.05) is 0 Å². The monoisotopic (exact) mass is 294 g/mol. The second kappa shape index (κ2) is 5.77. The lowest BCUT2D eigenvalue weighted by Crippen LogP contribution is -2.59. The average Bonchev–Trinajstić information content (AvgIpc) is 2.28. The van der Waals surface area contributed by atoms with E-state index in [4.69, 9.17) is 9.16 Å². The van der Waals surface area contributed by atoms with Crippen LogP contribution in [-0.2, 0) is 9.16 Å². The van der Waals surface area contributed by atoms with Crippen molar-refractivity contribution in [3.8, 4) is 0 Å². The maximum Gasteiger partial charge on any atom is 0.192 e. The number of aliphatic hydroxyl groups excluding tert-OH is 4. The lowest BCUT2D eigenvalue weighted by molar-refractivity contribution is -0.285. The third-order valence-corrected chi connectivity index (χ3v) is 8.60. The Morgan fingerprint density at radius 1 is 1.00 bits per heavy atom. The second-order valence-electron chi connectivity index (χ2n) is 6.61. The van der Waals surface area contributed by atoms with Crippen LogP contribution in [-0.4, -0.2) is 66.1 Å². The predicted molar refractivity (Wildman–Crippen MR) is 72.0 cm³/mol. The van der Waals surface area contributed by atoms with Crippen molar-refractivity contribution < 1.29 is 29.6 Å². The second-order valence-corrected chi connectivity index (χ2v) is 11.4. The first-order valence-corrected chi connectivity index (χ1v) is 9.40. The van der Waals surface area contributed by atoms with Crippen molar-refractivity contribution in [1.82, 2.24) is 0 Å². The summed E-state index contributed by atoms with van der Waals surface area (Å²) in [6, 6.07) is 0. The molecule has 0 bridgehead atoms. The Hall–Kier alpha value is -0.0231. The van der Waals surface area contributed by atoms with Gasteiger partial charge in [-0.3, -0.25) is 0 Å². The molecule has 5 atom stereocenters. The van der Waals surface area contributed by atoms with Gasteiger partial charge in [-0.25, -0.2) is 0 Å². The number of aliphatic hydroxyl groups is 4. The Morgan fingerprint density at radius 2 is 1.53 bits per heavy atom. The van der Waals surface area contributed by atoms with Crippen molar-refractivity contribution in [2.75, 3.05) is 6.61 Å². The molecule has 0 aromatic heterocycles. The van der Waals surface area contributed by atoms with Crippen molar-refractivity contribution in [3.63, 3.8) is 0 Å². The summed E-state index contributed by atoms with van der Waals surface area (Å²) >= 11 is 0. The topological polar surface area (TPSA) is 99.4 Å². The molecule has 0 spiro atoms. The molecule has 7 heteroatoms. The molecule has 0 aromatic rings. The van der Waals surface area contributed by atoms with Crippen molar-refractivity contribution in [2.45, 2.75) is 69.6 Å². The van der Waals surface area contributed by atoms with Gasteiger partial charge in [-0.05, 0) is 18.1 Å². The Morgan fingerprint density at radius 3 is 2.00 bits per heavy atom. The molecule has 1 saturated heterocycles. The molecule has 0 amide bonds. The van der Waals surface area contributed by atoms with Crippen LogP contribution in [0.25, 0.3) is 0 Å². The van der Waals surface area contributed by atoms with Crippen LogP contribution in [0.15, 0.2) is 0 Å². The number of hydrogen-bond donors (Lipinski definition) is 4. The SMILES string of the molecule is CC(C)(C)[Si](C)(C)OCC1O[C@@H](O)C(O)[C@@H](O)C1O. The standard InChI is InChI=1S/C12H26O6Si/c1-12(2,3)19(4,5)17-6-7-8(13)9(14)10(15)11(16)18-7/h7-11,13-16H,6H2,1-5H3/t7?,8?,9-,10?,11+/m0/s1. The zero-order chi connectivity index (χ0) is 15.0. The molecule has 1 aliphatic rings. The largest absolute Gasteiger partial charge is 0.414 e. The fraction of sp³-hybridized carbons (Fsp3) is 1.00. The van der Waals surface area contributed by atoms with Gasteiger partial charge in [0.05, 0.1) is 6.61 Å². The van der Waals surface area contributed by atoms with Gasteiger partial charge in [0.2, 0.25) is 0 Å². The first-order valence-electron chi connectivity index (χ1n) is 6.49. The smallest absolute Gasteiger partial charge is 0.192 e. The van der Waals surface area contributed by atoms with Crippen LogP contribution in [0.3, 0.4) is 0 Å². The molecular weight excluding hydrogens is 268 g/mol. The summed E-state index contributed by atoms with van der Waals surface area (Å²) in [7, 11) is -2.00. The number of hydrogen-bond acceptors (Lipinski definition) is 6. The van der Waals surface area contributed by atoms with Crippen LogP contribution >= 0.6 is 0 Å². The normalized spacial score (nSPS) is 37.4. The van der Waals surface area contributed by atoms with Gasteiger partial charge in [0.25, 0.3) is 0 Å². The van der Waals surface area contributed by atoms with Gasteiger partial charge < -0.3 is 29.6 Å². The summed E-state index contributed by atoms with van der Waals surface area (Å²) < 4.78 is 11.0. The van der Waals surface area contributed by atoms with E-state index < -0.39 is 39.0 Å². The summed E-state index contributed by atoms with van der Waals surface area (Å²) in [5.41, 5.74) is 0. The molecule has 1 aliphatic heterocycles. The lowest BCUT2D eigenvalue weighted by Gasteiger charge is -2.41. The molecule has 6 nitrogen and oxygen atoms in total. The third kappa shape index (κ3) is 3.75. The Kier molecular flexibility index (Phi) is 5.17. The summed E-state index contributed by atoms with van der Waals surface area (Å²) in [6.07, 6.45) is -6.56. The minimum absolute atomic E-state index is 0.0172. The molecule has 0 radical (unpaired) electrons. The molecule has 114 valence electrons. The van der Waals surface area contributed by atoms with Crippen LogP contribution in [0, 0.1) is 0 Å². The minimum Gasteiger partial charge on any atom is -0.414 e. The highest BCUT2D eigenvalue weighted by Gasteiger charge is 2.45. The van der Waals surface area contributed by atoms with E-state index >= 15 is 0 Å². The van der Waals surface area contributed by atoms with Gasteiger partial charge in [0, 0.05) is 0 Å². The van der Waals surface area contributed by atoms with Gasteiger partial charge in [-0.2, -0.15) is 0 Å². The summed E-state index contributed by atoms with van der Waals surface area (Å²) in [5.74, 6) is 0. The Bertz CT molecular complexity index is 303. The summed E-state index contributed by atoms with van der Waals surface area (Å²) in [5, 5.41) is 38.2. The third-order valence-electron chi connectivity index (χ3n) is 4.10. The number of ether oxygens (including phenoxy) is 1. The first-order chi connectivity index (χ1) is 8.47. The molecular formula is C12H26O6Si. The Balaban J connectivity index is 2.63. The average molecular weight is 294 g/mol. The van der Waals surface area contributed by atoms with Crippen LogP contribution in [0.4, 0.5) is 0 Å². The van der Waals surface area contributed by atoms with Gasteiger partial charge in [-0.1, -0.05) is 20.8 Å². The Labute approximate surface area is 115 Å². The highest BCUT2D eigenvalue weighted by molar-refractivity contribution is 6.74. The molecule has 1 heterocycles. The highest BCUT2D eigenvalue weighted by atomic mass is 28.4. The predicted octanol–water partition coefficient (Wildman–Crippen LogP) is -0.192. The summed E-state index contributed by atoms with van der Waals surface area (Å²) in [6.45, 7) is 10.5. The van der Waals surface area contributed by atoms with E-state index in [9.17, 15) is 20.4 Å². The molecule has 1 fully saturated rings. The lowest BCUT2D eigenvalue weighted by atomic mass is 10.00. The van der Waals surface area contributed by atoms with Gasteiger partial charge in [0.15, 0.2) is 14.6 Å². The molecule has 4 N–H and O–H groups in total. The summed E-state index contributed by atoms with van der Waals surface area (Å²) in [4.78, 5) is 0. The van der Waals surface area contributed by atoms with E-state index in [1.165, 1.54) is 0 Å². The molecule has 3 unspecified atom stereocenters. The van der Waals surface area contributed by atoms with E-state index in [1.54, 1.807) is 0 Å². The number of rotatable bonds is 3. The molecule has 0 aromatic carbocycles. The van der Waals surface area contributed by atoms with Crippen LogP contribution in [0.5, 0.6) is 0 Å².